The number of fused-ring (bicyclic) bond motifs is 1. The summed E-state index contributed by atoms with van der Waals surface area (Å²) in [5, 5.41) is 1.55. The number of rotatable bonds is 3. The smallest absolute Gasteiger partial charge is 0.262 e. The molecule has 0 spiro atoms. The first-order valence-corrected chi connectivity index (χ1v) is 8.81. The summed E-state index contributed by atoms with van der Waals surface area (Å²) in [4.78, 5) is 8.02. The summed E-state index contributed by atoms with van der Waals surface area (Å²) in [6.07, 6.45) is 1.29. The summed E-state index contributed by atoms with van der Waals surface area (Å²) in [7, 11) is -3.80. The van der Waals surface area contributed by atoms with Crippen LogP contribution in [0.15, 0.2) is 58.2 Å². The summed E-state index contributed by atoms with van der Waals surface area (Å²) >= 11 is 8.93. The lowest BCUT2D eigenvalue weighted by molar-refractivity contribution is 0.602. The summed E-state index contributed by atoms with van der Waals surface area (Å²) in [6.45, 7) is 0. The Kier molecular flexibility index (Phi) is 4.03. The lowest BCUT2D eigenvalue weighted by Gasteiger charge is -2.10. The van der Waals surface area contributed by atoms with Gasteiger partial charge in [-0.1, -0.05) is 48.0 Å². The molecule has 0 unspecified atom stereocenters. The largest absolute Gasteiger partial charge is 0.263 e. The van der Waals surface area contributed by atoms with E-state index in [-0.39, 0.29) is 15.9 Å². The molecule has 0 atom stereocenters. The van der Waals surface area contributed by atoms with Crippen LogP contribution in [0, 0.1) is 0 Å². The number of anilines is 1. The quantitative estimate of drug-likeness (QED) is 0.727. The second-order valence-corrected chi connectivity index (χ2v) is 7.18. The Bertz CT molecular complexity index is 958. The highest BCUT2D eigenvalue weighted by Crippen LogP contribution is 2.25. The number of nitrogens with zero attached hydrogens (tertiary/aromatic N) is 2. The standard InChI is InChI=1S/C14H9BrClN3O2S/c15-13-14(16)18-12(8-17-13)19-22(20,21)11-7-3-5-9-4-1-2-6-10(9)11/h1-8H,(H,18,19). The van der Waals surface area contributed by atoms with Gasteiger partial charge in [-0.25, -0.2) is 18.4 Å². The van der Waals surface area contributed by atoms with E-state index in [0.717, 1.165) is 5.39 Å². The third-order valence-electron chi connectivity index (χ3n) is 2.97. The zero-order valence-electron chi connectivity index (χ0n) is 11.0. The van der Waals surface area contributed by atoms with Crippen molar-refractivity contribution in [3.8, 4) is 0 Å². The van der Waals surface area contributed by atoms with Crippen LogP contribution in [0.3, 0.4) is 0 Å². The lowest BCUT2D eigenvalue weighted by atomic mass is 10.1. The van der Waals surface area contributed by atoms with Crippen LogP contribution < -0.4 is 4.72 Å². The minimum atomic E-state index is -3.80. The van der Waals surface area contributed by atoms with Crippen molar-refractivity contribution in [2.45, 2.75) is 4.90 Å². The predicted octanol–water partition coefficient (Wildman–Crippen LogP) is 3.85. The van der Waals surface area contributed by atoms with Crippen molar-refractivity contribution >= 4 is 54.1 Å². The van der Waals surface area contributed by atoms with Crippen molar-refractivity contribution in [1.29, 1.82) is 0 Å². The Balaban J connectivity index is 2.07. The molecule has 0 saturated heterocycles. The number of halogens is 2. The lowest BCUT2D eigenvalue weighted by Crippen LogP contribution is -2.14. The molecule has 0 aliphatic rings. The molecule has 1 N–H and O–H groups in total. The Labute approximate surface area is 140 Å². The molecular weight excluding hydrogens is 390 g/mol. The SMILES string of the molecule is O=S(=O)(Nc1cnc(Br)c(Cl)n1)c1cccc2ccccc12. The predicted molar refractivity (Wildman–Crippen MR) is 89.5 cm³/mol. The summed E-state index contributed by atoms with van der Waals surface area (Å²) in [5.74, 6) is 0.0566. The zero-order valence-corrected chi connectivity index (χ0v) is 14.2. The average molecular weight is 399 g/mol. The maximum Gasteiger partial charge on any atom is 0.263 e. The molecule has 0 aliphatic heterocycles. The van der Waals surface area contributed by atoms with Gasteiger partial charge < -0.3 is 0 Å². The Hall–Kier alpha value is -1.70. The van der Waals surface area contributed by atoms with Gasteiger partial charge in [0.05, 0.1) is 11.1 Å². The Morgan fingerprint density at radius 2 is 1.82 bits per heavy atom. The fraction of sp³-hybridized carbons (Fsp3) is 0. The van der Waals surface area contributed by atoms with Gasteiger partial charge >= 0.3 is 0 Å². The van der Waals surface area contributed by atoms with E-state index in [4.69, 9.17) is 11.6 Å². The van der Waals surface area contributed by atoms with Crippen LogP contribution in [-0.2, 0) is 10.0 Å². The molecule has 2 aromatic carbocycles. The molecule has 0 aliphatic carbocycles. The van der Waals surface area contributed by atoms with Gasteiger partial charge in [-0.05, 0) is 27.4 Å². The maximum atomic E-state index is 12.6. The van der Waals surface area contributed by atoms with Crippen LogP contribution in [0.5, 0.6) is 0 Å². The van der Waals surface area contributed by atoms with Crippen LogP contribution in [0.4, 0.5) is 5.82 Å². The second kappa shape index (κ2) is 5.83. The third-order valence-corrected chi connectivity index (χ3v) is 5.45. The van der Waals surface area contributed by atoms with Gasteiger partial charge in [0.2, 0.25) is 0 Å². The van der Waals surface area contributed by atoms with Crippen LogP contribution in [-0.4, -0.2) is 18.4 Å². The van der Waals surface area contributed by atoms with Crippen molar-refractivity contribution < 1.29 is 8.42 Å². The van der Waals surface area contributed by atoms with Gasteiger partial charge in [0.1, 0.15) is 4.60 Å². The van der Waals surface area contributed by atoms with Gasteiger partial charge in [-0.3, -0.25) is 4.72 Å². The van der Waals surface area contributed by atoms with Gasteiger partial charge in [0, 0.05) is 5.39 Å². The van der Waals surface area contributed by atoms with E-state index in [1.807, 2.05) is 18.2 Å². The minimum Gasteiger partial charge on any atom is -0.262 e. The van der Waals surface area contributed by atoms with E-state index in [2.05, 4.69) is 30.6 Å². The highest BCUT2D eigenvalue weighted by molar-refractivity contribution is 9.10. The van der Waals surface area contributed by atoms with E-state index < -0.39 is 10.0 Å². The van der Waals surface area contributed by atoms with Crippen LogP contribution in [0.25, 0.3) is 10.8 Å². The van der Waals surface area contributed by atoms with Gasteiger partial charge in [-0.2, -0.15) is 0 Å². The molecule has 1 aromatic heterocycles. The average Bonchev–Trinajstić information content (AvgIpc) is 2.50. The number of hydrogen-bond donors (Lipinski definition) is 1. The van der Waals surface area contributed by atoms with E-state index in [0.29, 0.717) is 9.99 Å². The first-order valence-electron chi connectivity index (χ1n) is 6.16. The molecule has 5 nitrogen and oxygen atoms in total. The monoisotopic (exact) mass is 397 g/mol. The molecule has 22 heavy (non-hydrogen) atoms. The molecular formula is C14H9BrClN3O2S. The second-order valence-electron chi connectivity index (χ2n) is 4.42. The van der Waals surface area contributed by atoms with Gasteiger partial charge in [0.15, 0.2) is 11.0 Å². The summed E-state index contributed by atoms with van der Waals surface area (Å²) < 4.78 is 27.9. The molecule has 0 amide bonds. The molecule has 8 heteroatoms. The number of hydrogen-bond acceptors (Lipinski definition) is 4. The van der Waals surface area contributed by atoms with Crippen molar-refractivity contribution in [3.05, 3.63) is 58.4 Å². The highest BCUT2D eigenvalue weighted by atomic mass is 79.9. The fourth-order valence-corrected chi connectivity index (χ4v) is 3.57. The highest BCUT2D eigenvalue weighted by Gasteiger charge is 2.18. The van der Waals surface area contributed by atoms with E-state index in [1.54, 1.807) is 24.3 Å². The number of sulfonamides is 1. The molecule has 0 bridgehead atoms. The molecule has 3 aromatic rings. The Morgan fingerprint density at radius 3 is 2.59 bits per heavy atom. The molecule has 0 saturated carbocycles. The van der Waals surface area contributed by atoms with Crippen LogP contribution in [0.1, 0.15) is 0 Å². The van der Waals surface area contributed by atoms with Crippen molar-refractivity contribution in [2.24, 2.45) is 0 Å². The molecule has 0 fully saturated rings. The zero-order chi connectivity index (χ0) is 15.7. The van der Waals surface area contributed by atoms with E-state index >= 15 is 0 Å². The van der Waals surface area contributed by atoms with E-state index in [1.165, 1.54) is 6.20 Å². The third kappa shape index (κ3) is 2.92. The Morgan fingerprint density at radius 1 is 1.09 bits per heavy atom. The molecule has 112 valence electrons. The number of benzene rings is 2. The maximum absolute atomic E-state index is 12.6. The number of aromatic nitrogens is 2. The molecule has 0 radical (unpaired) electrons. The topological polar surface area (TPSA) is 72.0 Å². The van der Waals surface area contributed by atoms with Crippen LogP contribution in [0.2, 0.25) is 5.15 Å². The van der Waals surface area contributed by atoms with Crippen molar-refractivity contribution in [3.63, 3.8) is 0 Å². The van der Waals surface area contributed by atoms with Gasteiger partial charge in [-0.15, -0.1) is 0 Å². The first-order chi connectivity index (χ1) is 10.5. The van der Waals surface area contributed by atoms with Crippen molar-refractivity contribution in [1.82, 2.24) is 9.97 Å². The van der Waals surface area contributed by atoms with Crippen LogP contribution >= 0.6 is 27.5 Å². The van der Waals surface area contributed by atoms with E-state index in [9.17, 15) is 8.42 Å². The fourth-order valence-electron chi connectivity index (χ4n) is 2.02. The molecule has 1 heterocycles. The minimum absolute atomic E-state index is 0.0566. The van der Waals surface area contributed by atoms with Crippen molar-refractivity contribution in [2.75, 3.05) is 4.72 Å². The molecule has 3 rings (SSSR count). The number of nitrogens with one attached hydrogen (secondary N) is 1. The summed E-state index contributed by atoms with van der Waals surface area (Å²) in [5.41, 5.74) is 0. The first kappa shape index (κ1) is 15.2. The normalized spacial score (nSPS) is 11.5. The summed E-state index contributed by atoms with van der Waals surface area (Å²) in [6, 6.07) is 12.3. The van der Waals surface area contributed by atoms with Gasteiger partial charge in [0.25, 0.3) is 10.0 Å².